The number of nitrogens with zero attached hydrogens (tertiary/aromatic N) is 1. The van der Waals surface area contributed by atoms with Gasteiger partial charge in [-0.2, -0.15) is 0 Å². The van der Waals surface area contributed by atoms with Gasteiger partial charge in [-0.05, 0) is 24.6 Å². The van der Waals surface area contributed by atoms with E-state index >= 15 is 0 Å². The molecule has 0 radical (unpaired) electrons. The summed E-state index contributed by atoms with van der Waals surface area (Å²) in [6, 6.07) is 6.27. The van der Waals surface area contributed by atoms with E-state index in [1.807, 2.05) is 6.92 Å². The first-order chi connectivity index (χ1) is 8.87. The van der Waals surface area contributed by atoms with Crippen LogP contribution in [-0.2, 0) is 14.8 Å². The summed E-state index contributed by atoms with van der Waals surface area (Å²) in [6.45, 7) is 1.76. The Kier molecular flexibility index (Phi) is 3.90. The molecular weight excluding hydrogens is 309 g/mol. The van der Waals surface area contributed by atoms with Gasteiger partial charge < -0.3 is 0 Å². The van der Waals surface area contributed by atoms with Gasteiger partial charge in [0, 0.05) is 5.88 Å². The maximum atomic E-state index is 12.3. The molecule has 1 heterocycles. The van der Waals surface area contributed by atoms with Crippen LogP contribution in [0.3, 0.4) is 0 Å². The highest BCUT2D eigenvalue weighted by Crippen LogP contribution is 2.28. The minimum Gasteiger partial charge on any atom is -0.267 e. The van der Waals surface area contributed by atoms with Gasteiger partial charge in [0.15, 0.2) is 0 Å². The van der Waals surface area contributed by atoms with E-state index in [-0.39, 0.29) is 22.4 Å². The Balaban J connectivity index is 2.38. The zero-order valence-electron chi connectivity index (χ0n) is 10.1. The molecule has 0 bridgehead atoms. The van der Waals surface area contributed by atoms with E-state index < -0.39 is 15.9 Å². The number of rotatable bonds is 3. The fourth-order valence-corrected chi connectivity index (χ4v) is 3.64. The highest BCUT2D eigenvalue weighted by molar-refractivity contribution is 7.89. The third kappa shape index (κ3) is 2.50. The molecule has 2 rings (SSSR count). The first-order valence-electron chi connectivity index (χ1n) is 5.45. The van der Waals surface area contributed by atoms with Crippen LogP contribution in [0.15, 0.2) is 39.8 Å². The number of sulfonamides is 1. The van der Waals surface area contributed by atoms with Crippen LogP contribution in [0.5, 0.6) is 0 Å². The lowest BCUT2D eigenvalue weighted by atomic mass is 10.2. The van der Waals surface area contributed by atoms with Gasteiger partial charge in [-0.3, -0.25) is 4.79 Å². The van der Waals surface area contributed by atoms with Crippen molar-refractivity contribution in [2.24, 2.45) is 0 Å². The first-order valence-corrected chi connectivity index (χ1v) is 7.80. The minimum absolute atomic E-state index is 0.0322. The molecule has 102 valence electrons. The maximum Gasteiger partial charge on any atom is 0.279 e. The molecule has 0 spiro atoms. The smallest absolute Gasteiger partial charge is 0.267 e. The summed E-state index contributed by atoms with van der Waals surface area (Å²) < 4.78 is 25.4. The Morgan fingerprint density at radius 3 is 2.32 bits per heavy atom. The van der Waals surface area contributed by atoms with Gasteiger partial charge in [0.1, 0.15) is 5.03 Å². The Labute approximate surface area is 121 Å². The lowest BCUT2D eigenvalue weighted by molar-refractivity contribution is -0.120. The highest BCUT2D eigenvalue weighted by Gasteiger charge is 2.37. The third-order valence-corrected chi connectivity index (χ3v) is 5.32. The summed E-state index contributed by atoms with van der Waals surface area (Å²) in [4.78, 5) is 11.9. The lowest BCUT2D eigenvalue weighted by Gasteiger charge is -2.16. The van der Waals surface area contributed by atoms with Crippen LogP contribution >= 0.6 is 23.2 Å². The molecule has 0 saturated heterocycles. The Morgan fingerprint density at radius 1 is 1.26 bits per heavy atom. The predicted molar refractivity (Wildman–Crippen MR) is 73.7 cm³/mol. The minimum atomic E-state index is -3.88. The second-order valence-electron chi connectivity index (χ2n) is 4.18. The molecule has 0 atom stereocenters. The SMILES string of the molecule is Cc1ccc(S(=O)(=O)N2CC(CCl)=C(Cl)C2=O)cc1. The average Bonchev–Trinajstić information content (AvgIpc) is 2.67. The molecule has 0 aromatic heterocycles. The molecule has 1 aromatic carbocycles. The largest absolute Gasteiger partial charge is 0.279 e. The highest BCUT2D eigenvalue weighted by atomic mass is 35.5. The van der Waals surface area contributed by atoms with Gasteiger partial charge in [-0.15, -0.1) is 11.6 Å². The molecule has 19 heavy (non-hydrogen) atoms. The maximum absolute atomic E-state index is 12.3. The van der Waals surface area contributed by atoms with Crippen LogP contribution in [0.4, 0.5) is 0 Å². The molecule has 4 nitrogen and oxygen atoms in total. The van der Waals surface area contributed by atoms with E-state index in [1.165, 1.54) is 12.1 Å². The molecule has 1 aromatic rings. The van der Waals surface area contributed by atoms with Gasteiger partial charge in [0.25, 0.3) is 15.9 Å². The van der Waals surface area contributed by atoms with Crippen LogP contribution < -0.4 is 0 Å². The van der Waals surface area contributed by atoms with E-state index in [0.29, 0.717) is 5.57 Å². The fourth-order valence-electron chi connectivity index (χ4n) is 1.71. The number of amides is 1. The van der Waals surface area contributed by atoms with Gasteiger partial charge in [-0.1, -0.05) is 29.3 Å². The Hall–Kier alpha value is -1.04. The van der Waals surface area contributed by atoms with Crippen molar-refractivity contribution in [3.05, 3.63) is 40.4 Å². The van der Waals surface area contributed by atoms with Gasteiger partial charge in [0.2, 0.25) is 0 Å². The fraction of sp³-hybridized carbons (Fsp3) is 0.250. The number of carbonyl (C=O) groups excluding carboxylic acids is 1. The normalized spacial score (nSPS) is 16.4. The molecule has 0 fully saturated rings. The van der Waals surface area contributed by atoms with Crippen LogP contribution in [0.2, 0.25) is 0 Å². The molecule has 1 aliphatic heterocycles. The van der Waals surface area contributed by atoms with Crippen LogP contribution in [-0.4, -0.2) is 31.1 Å². The van der Waals surface area contributed by atoms with Crippen molar-refractivity contribution in [1.82, 2.24) is 4.31 Å². The number of benzene rings is 1. The molecule has 0 aliphatic carbocycles. The standard InChI is InChI=1S/C12H11Cl2NO3S/c1-8-2-4-10(5-3-8)19(17,18)15-7-9(6-13)11(14)12(15)16/h2-5H,6-7H2,1H3. The van der Waals surface area contributed by atoms with Crippen molar-refractivity contribution in [2.45, 2.75) is 11.8 Å². The van der Waals surface area contributed by atoms with Crippen molar-refractivity contribution in [3.8, 4) is 0 Å². The van der Waals surface area contributed by atoms with E-state index in [0.717, 1.165) is 9.87 Å². The van der Waals surface area contributed by atoms with Crippen molar-refractivity contribution in [1.29, 1.82) is 0 Å². The van der Waals surface area contributed by atoms with Crippen molar-refractivity contribution < 1.29 is 13.2 Å². The summed E-state index contributed by atoms with van der Waals surface area (Å²) in [5, 5.41) is -0.106. The van der Waals surface area contributed by atoms with Gasteiger partial charge in [0.05, 0.1) is 11.4 Å². The second-order valence-corrected chi connectivity index (χ2v) is 6.69. The van der Waals surface area contributed by atoms with Crippen molar-refractivity contribution >= 4 is 39.1 Å². The van der Waals surface area contributed by atoms with Crippen molar-refractivity contribution in [2.75, 3.05) is 12.4 Å². The number of halogens is 2. The summed E-state index contributed by atoms with van der Waals surface area (Å²) >= 11 is 11.4. The molecule has 1 amide bonds. The van der Waals surface area contributed by atoms with E-state index in [1.54, 1.807) is 12.1 Å². The van der Waals surface area contributed by atoms with Gasteiger partial charge >= 0.3 is 0 Å². The zero-order valence-corrected chi connectivity index (χ0v) is 12.4. The Bertz CT molecular complexity index is 650. The average molecular weight is 320 g/mol. The number of hydrogen-bond donors (Lipinski definition) is 0. The molecule has 0 unspecified atom stereocenters. The number of hydrogen-bond acceptors (Lipinski definition) is 3. The second kappa shape index (κ2) is 5.15. The summed E-state index contributed by atoms with van der Waals surface area (Å²) in [5.74, 6) is -0.692. The van der Waals surface area contributed by atoms with Crippen LogP contribution in [0.25, 0.3) is 0 Å². The molecule has 0 N–H and O–H groups in total. The summed E-state index contributed by atoms with van der Waals surface area (Å²) in [6.07, 6.45) is 0. The van der Waals surface area contributed by atoms with E-state index in [2.05, 4.69) is 0 Å². The van der Waals surface area contributed by atoms with Gasteiger partial charge in [-0.25, -0.2) is 12.7 Å². The van der Waals surface area contributed by atoms with E-state index in [4.69, 9.17) is 23.2 Å². The third-order valence-electron chi connectivity index (χ3n) is 2.83. The molecule has 1 aliphatic rings. The molecule has 0 saturated carbocycles. The van der Waals surface area contributed by atoms with E-state index in [9.17, 15) is 13.2 Å². The predicted octanol–water partition coefficient (Wildman–Crippen LogP) is 2.26. The number of alkyl halides is 1. The summed E-state index contributed by atoms with van der Waals surface area (Å²) in [5.41, 5.74) is 1.35. The quantitative estimate of drug-likeness (QED) is 0.803. The lowest BCUT2D eigenvalue weighted by Crippen LogP contribution is -2.33. The first kappa shape index (κ1) is 14.4. The summed E-state index contributed by atoms with van der Waals surface area (Å²) in [7, 11) is -3.88. The van der Waals surface area contributed by atoms with Crippen molar-refractivity contribution in [3.63, 3.8) is 0 Å². The Morgan fingerprint density at radius 2 is 1.84 bits per heavy atom. The molecule has 7 heteroatoms. The number of aryl methyl sites for hydroxylation is 1. The zero-order chi connectivity index (χ0) is 14.2. The van der Waals surface area contributed by atoms with Crippen LogP contribution in [0.1, 0.15) is 5.56 Å². The monoisotopic (exact) mass is 319 g/mol. The number of carbonyl (C=O) groups is 1. The van der Waals surface area contributed by atoms with Crippen LogP contribution in [0, 0.1) is 6.92 Å². The topological polar surface area (TPSA) is 54.5 Å². The molecular formula is C12H11Cl2NO3S.